The SMILES string of the molecule is COc1ccc(SCC(=O)OCC(=O)NC(C)(C)C)cc1. The molecule has 0 heterocycles. The maximum absolute atomic E-state index is 11.6. The van der Waals surface area contributed by atoms with E-state index in [2.05, 4.69) is 5.32 Å². The lowest BCUT2D eigenvalue weighted by Gasteiger charge is -2.20. The Morgan fingerprint density at radius 1 is 1.19 bits per heavy atom. The third-order valence-corrected chi connectivity index (χ3v) is 3.28. The van der Waals surface area contributed by atoms with E-state index in [4.69, 9.17) is 9.47 Å². The van der Waals surface area contributed by atoms with Crippen LogP contribution in [0.3, 0.4) is 0 Å². The molecular weight excluding hydrogens is 290 g/mol. The molecule has 0 aliphatic rings. The van der Waals surface area contributed by atoms with E-state index in [1.54, 1.807) is 7.11 Å². The maximum atomic E-state index is 11.6. The highest BCUT2D eigenvalue weighted by Gasteiger charge is 2.15. The zero-order chi connectivity index (χ0) is 15.9. The van der Waals surface area contributed by atoms with Crippen LogP contribution in [-0.2, 0) is 14.3 Å². The van der Waals surface area contributed by atoms with Crippen LogP contribution in [-0.4, -0.2) is 36.9 Å². The number of amides is 1. The van der Waals surface area contributed by atoms with Gasteiger partial charge in [0.15, 0.2) is 6.61 Å². The van der Waals surface area contributed by atoms with Gasteiger partial charge >= 0.3 is 5.97 Å². The standard InChI is InChI=1S/C15H21NO4S/c1-15(2,3)16-13(17)9-20-14(18)10-21-12-7-5-11(19-4)6-8-12/h5-8H,9-10H2,1-4H3,(H,16,17). The van der Waals surface area contributed by atoms with E-state index in [1.165, 1.54) is 11.8 Å². The minimum atomic E-state index is -0.417. The normalized spacial score (nSPS) is 10.9. The van der Waals surface area contributed by atoms with E-state index in [9.17, 15) is 9.59 Å². The summed E-state index contributed by atoms with van der Waals surface area (Å²) >= 11 is 1.35. The van der Waals surface area contributed by atoms with Crippen LogP contribution >= 0.6 is 11.8 Å². The van der Waals surface area contributed by atoms with E-state index < -0.39 is 5.97 Å². The fraction of sp³-hybridized carbons (Fsp3) is 0.467. The highest BCUT2D eigenvalue weighted by Crippen LogP contribution is 2.21. The largest absolute Gasteiger partial charge is 0.497 e. The van der Waals surface area contributed by atoms with Gasteiger partial charge in [0.1, 0.15) is 5.75 Å². The number of rotatable bonds is 6. The lowest BCUT2D eigenvalue weighted by Crippen LogP contribution is -2.42. The quantitative estimate of drug-likeness (QED) is 0.645. The first-order valence-corrected chi connectivity index (χ1v) is 7.52. The molecule has 0 radical (unpaired) electrons. The Hall–Kier alpha value is -1.69. The lowest BCUT2D eigenvalue weighted by molar-refractivity contribution is -0.146. The number of carbonyl (C=O) groups is 2. The van der Waals surface area contributed by atoms with Crippen LogP contribution in [0.4, 0.5) is 0 Å². The molecule has 1 rings (SSSR count). The predicted molar refractivity (Wildman–Crippen MR) is 82.6 cm³/mol. The Morgan fingerprint density at radius 2 is 1.81 bits per heavy atom. The summed E-state index contributed by atoms with van der Waals surface area (Å²) in [5.41, 5.74) is -0.332. The van der Waals surface area contributed by atoms with Gasteiger partial charge < -0.3 is 14.8 Å². The second kappa shape index (κ2) is 7.93. The van der Waals surface area contributed by atoms with Crippen LogP contribution < -0.4 is 10.1 Å². The molecule has 0 aliphatic heterocycles. The van der Waals surface area contributed by atoms with E-state index in [-0.39, 0.29) is 23.8 Å². The van der Waals surface area contributed by atoms with E-state index >= 15 is 0 Å². The number of hydrogen-bond donors (Lipinski definition) is 1. The molecule has 0 unspecified atom stereocenters. The van der Waals surface area contributed by atoms with Crippen LogP contribution in [0.1, 0.15) is 20.8 Å². The number of benzene rings is 1. The molecule has 1 N–H and O–H groups in total. The molecule has 0 aliphatic carbocycles. The highest BCUT2D eigenvalue weighted by molar-refractivity contribution is 8.00. The van der Waals surface area contributed by atoms with Gasteiger partial charge in [-0.1, -0.05) is 0 Å². The molecule has 0 saturated carbocycles. The molecule has 1 aromatic rings. The molecule has 0 atom stereocenters. The molecule has 21 heavy (non-hydrogen) atoms. The molecule has 0 spiro atoms. The zero-order valence-corrected chi connectivity index (χ0v) is 13.6. The van der Waals surface area contributed by atoms with Gasteiger partial charge in [0, 0.05) is 10.4 Å². The summed E-state index contributed by atoms with van der Waals surface area (Å²) in [7, 11) is 1.60. The Kier molecular flexibility index (Phi) is 6.55. The second-order valence-corrected chi connectivity index (χ2v) is 6.47. The maximum Gasteiger partial charge on any atom is 0.316 e. The average Bonchev–Trinajstić information content (AvgIpc) is 2.41. The fourth-order valence-electron chi connectivity index (χ4n) is 1.46. The van der Waals surface area contributed by atoms with Gasteiger partial charge in [0.25, 0.3) is 5.91 Å². The predicted octanol–water partition coefficient (Wildman–Crippen LogP) is 2.25. The number of methoxy groups -OCH3 is 1. The Labute approximate surface area is 129 Å². The summed E-state index contributed by atoms with van der Waals surface area (Å²) in [6.07, 6.45) is 0. The molecule has 0 fully saturated rings. The Bertz CT molecular complexity index is 479. The molecule has 5 nitrogen and oxygen atoms in total. The summed E-state index contributed by atoms with van der Waals surface area (Å²) in [4.78, 5) is 24.0. The van der Waals surface area contributed by atoms with Crippen molar-refractivity contribution in [2.24, 2.45) is 0 Å². The average molecular weight is 311 g/mol. The van der Waals surface area contributed by atoms with Gasteiger partial charge in [-0.15, -0.1) is 11.8 Å². The number of carbonyl (C=O) groups excluding carboxylic acids is 2. The van der Waals surface area contributed by atoms with Crippen molar-refractivity contribution in [3.8, 4) is 5.75 Å². The van der Waals surface area contributed by atoms with Crippen molar-refractivity contribution in [1.82, 2.24) is 5.32 Å². The van der Waals surface area contributed by atoms with Gasteiger partial charge in [0.05, 0.1) is 12.9 Å². The smallest absolute Gasteiger partial charge is 0.316 e. The van der Waals surface area contributed by atoms with Crippen LogP contribution in [0.5, 0.6) is 5.75 Å². The van der Waals surface area contributed by atoms with Crippen LogP contribution in [0, 0.1) is 0 Å². The first-order chi connectivity index (χ1) is 9.80. The third-order valence-electron chi connectivity index (χ3n) is 2.29. The molecule has 1 aromatic carbocycles. The first kappa shape index (κ1) is 17.4. The molecule has 116 valence electrons. The van der Waals surface area contributed by atoms with Crippen LogP contribution in [0.15, 0.2) is 29.2 Å². The molecule has 0 bridgehead atoms. The summed E-state index contributed by atoms with van der Waals surface area (Å²) in [5.74, 6) is 0.209. The van der Waals surface area contributed by atoms with Gasteiger partial charge in [-0.2, -0.15) is 0 Å². The van der Waals surface area contributed by atoms with Crippen LogP contribution in [0.2, 0.25) is 0 Å². The van der Waals surface area contributed by atoms with E-state index in [0.717, 1.165) is 10.6 Å². The number of nitrogens with one attached hydrogen (secondary N) is 1. The van der Waals surface area contributed by atoms with Gasteiger partial charge in [0.2, 0.25) is 0 Å². The molecule has 6 heteroatoms. The Balaban J connectivity index is 2.29. The van der Waals surface area contributed by atoms with Gasteiger partial charge in [-0.3, -0.25) is 9.59 Å². The summed E-state index contributed by atoms with van der Waals surface area (Å²) < 4.78 is 9.97. The van der Waals surface area contributed by atoms with Gasteiger partial charge in [-0.05, 0) is 45.0 Å². The highest BCUT2D eigenvalue weighted by atomic mass is 32.2. The molecule has 0 aromatic heterocycles. The Morgan fingerprint density at radius 3 is 2.33 bits per heavy atom. The van der Waals surface area contributed by atoms with Crippen molar-refractivity contribution in [2.45, 2.75) is 31.2 Å². The van der Waals surface area contributed by atoms with Crippen molar-refractivity contribution < 1.29 is 19.1 Å². The molecule has 0 saturated heterocycles. The summed E-state index contributed by atoms with van der Waals surface area (Å²) in [6, 6.07) is 7.38. The first-order valence-electron chi connectivity index (χ1n) is 6.53. The summed E-state index contributed by atoms with van der Waals surface area (Å²) in [5, 5.41) is 2.72. The topological polar surface area (TPSA) is 64.6 Å². The van der Waals surface area contributed by atoms with Crippen molar-refractivity contribution in [2.75, 3.05) is 19.5 Å². The molecular formula is C15H21NO4S. The minimum Gasteiger partial charge on any atom is -0.497 e. The van der Waals surface area contributed by atoms with Crippen molar-refractivity contribution in [1.29, 1.82) is 0 Å². The van der Waals surface area contributed by atoms with Crippen LogP contribution in [0.25, 0.3) is 0 Å². The monoisotopic (exact) mass is 311 g/mol. The molecule has 1 amide bonds. The van der Waals surface area contributed by atoms with Crippen molar-refractivity contribution >= 4 is 23.6 Å². The van der Waals surface area contributed by atoms with Crippen molar-refractivity contribution in [3.63, 3.8) is 0 Å². The third kappa shape index (κ3) is 7.60. The minimum absolute atomic E-state index is 0.162. The number of ether oxygens (including phenoxy) is 2. The van der Waals surface area contributed by atoms with E-state index in [1.807, 2.05) is 45.0 Å². The number of hydrogen-bond acceptors (Lipinski definition) is 5. The number of thioether (sulfide) groups is 1. The fourth-order valence-corrected chi connectivity index (χ4v) is 2.15. The number of esters is 1. The zero-order valence-electron chi connectivity index (χ0n) is 12.8. The van der Waals surface area contributed by atoms with Crippen molar-refractivity contribution in [3.05, 3.63) is 24.3 Å². The second-order valence-electron chi connectivity index (χ2n) is 5.42. The summed E-state index contributed by atoms with van der Waals surface area (Å²) in [6.45, 7) is 5.35. The van der Waals surface area contributed by atoms with Gasteiger partial charge in [-0.25, -0.2) is 0 Å². The van der Waals surface area contributed by atoms with E-state index in [0.29, 0.717) is 0 Å². The lowest BCUT2D eigenvalue weighted by atomic mass is 10.1.